The topological polar surface area (TPSA) is 29.5 Å². The van der Waals surface area contributed by atoms with Crippen LogP contribution >= 0.6 is 0 Å². The zero-order chi connectivity index (χ0) is 17.8. The maximum atomic E-state index is 12.5. The molecule has 3 heteroatoms. The van der Waals surface area contributed by atoms with Gasteiger partial charge < -0.3 is 9.64 Å². The van der Waals surface area contributed by atoms with Crippen LogP contribution in [0.1, 0.15) is 42.7 Å². The highest BCUT2D eigenvalue weighted by atomic mass is 16.5. The number of hydrogen-bond donors (Lipinski definition) is 0. The fraction of sp³-hybridized carbons (Fsp3) is 0.435. The summed E-state index contributed by atoms with van der Waals surface area (Å²) in [6, 6.07) is 21.3. The molecule has 0 spiro atoms. The van der Waals surface area contributed by atoms with Crippen LogP contribution < -0.4 is 0 Å². The molecule has 1 aliphatic carbocycles. The van der Waals surface area contributed by atoms with Gasteiger partial charge in [-0.05, 0) is 36.3 Å². The second-order valence-electron chi connectivity index (χ2n) is 7.59. The third-order valence-corrected chi connectivity index (χ3v) is 5.55. The number of nitrogens with zero attached hydrogens (tertiary/aromatic N) is 1. The molecule has 0 bridgehead atoms. The summed E-state index contributed by atoms with van der Waals surface area (Å²) in [5.74, 6) is 1.25. The first kappa shape index (κ1) is 17.3. The number of benzene rings is 2. The molecule has 1 aliphatic heterocycles. The SMILES string of the molecule is O=C(CC1CC1)N1CCO[C@H](CC(c2ccccc2)c2ccccc2)C1. The number of rotatable bonds is 6. The molecular weight excluding hydrogens is 322 g/mol. The lowest BCUT2D eigenvalue weighted by Crippen LogP contribution is -2.46. The third kappa shape index (κ3) is 4.34. The van der Waals surface area contributed by atoms with Gasteiger partial charge in [-0.3, -0.25) is 4.79 Å². The van der Waals surface area contributed by atoms with Gasteiger partial charge in [0.1, 0.15) is 0 Å². The van der Waals surface area contributed by atoms with E-state index >= 15 is 0 Å². The van der Waals surface area contributed by atoms with Crippen molar-refractivity contribution in [2.75, 3.05) is 19.7 Å². The van der Waals surface area contributed by atoms with Gasteiger partial charge in [-0.2, -0.15) is 0 Å². The summed E-state index contributed by atoms with van der Waals surface area (Å²) in [5, 5.41) is 0. The second-order valence-corrected chi connectivity index (χ2v) is 7.59. The molecule has 1 saturated carbocycles. The molecule has 26 heavy (non-hydrogen) atoms. The van der Waals surface area contributed by atoms with Crippen LogP contribution in [0.5, 0.6) is 0 Å². The van der Waals surface area contributed by atoms with E-state index < -0.39 is 0 Å². The van der Waals surface area contributed by atoms with E-state index in [1.54, 1.807) is 0 Å². The first-order valence-electron chi connectivity index (χ1n) is 9.79. The highest BCUT2D eigenvalue weighted by Crippen LogP contribution is 2.34. The zero-order valence-electron chi connectivity index (χ0n) is 15.2. The Labute approximate surface area is 156 Å². The van der Waals surface area contributed by atoms with E-state index in [9.17, 15) is 4.79 Å². The summed E-state index contributed by atoms with van der Waals surface area (Å²) in [6.07, 6.45) is 4.18. The fourth-order valence-corrected chi connectivity index (χ4v) is 3.88. The van der Waals surface area contributed by atoms with Crippen LogP contribution in [0.2, 0.25) is 0 Å². The van der Waals surface area contributed by atoms with Crippen molar-refractivity contribution < 1.29 is 9.53 Å². The molecule has 0 unspecified atom stereocenters. The lowest BCUT2D eigenvalue weighted by Gasteiger charge is -2.35. The van der Waals surface area contributed by atoms with Crippen LogP contribution in [0.3, 0.4) is 0 Å². The van der Waals surface area contributed by atoms with Gasteiger partial charge in [0.15, 0.2) is 0 Å². The van der Waals surface area contributed by atoms with Gasteiger partial charge in [-0.1, -0.05) is 60.7 Å². The van der Waals surface area contributed by atoms with Crippen molar-refractivity contribution >= 4 is 5.91 Å². The van der Waals surface area contributed by atoms with Crippen molar-refractivity contribution in [2.45, 2.75) is 37.7 Å². The Balaban J connectivity index is 1.47. The molecule has 0 radical (unpaired) electrons. The lowest BCUT2D eigenvalue weighted by atomic mass is 9.86. The summed E-state index contributed by atoms with van der Waals surface area (Å²) in [7, 11) is 0. The minimum Gasteiger partial charge on any atom is -0.375 e. The molecule has 136 valence electrons. The standard InChI is InChI=1S/C23H27NO2/c25-23(15-18-11-12-18)24-13-14-26-21(17-24)16-22(19-7-3-1-4-8-19)20-9-5-2-6-10-20/h1-10,18,21-22H,11-17H2/t21-/m1/s1. The number of hydrogen-bond acceptors (Lipinski definition) is 2. The predicted octanol–water partition coefficient (Wildman–Crippen LogP) is 4.24. The Morgan fingerprint density at radius 1 is 1.00 bits per heavy atom. The monoisotopic (exact) mass is 349 g/mol. The molecule has 2 aliphatic rings. The van der Waals surface area contributed by atoms with Gasteiger partial charge >= 0.3 is 0 Å². The maximum absolute atomic E-state index is 12.5. The van der Waals surface area contributed by atoms with Gasteiger partial charge in [-0.15, -0.1) is 0 Å². The molecule has 2 fully saturated rings. The Morgan fingerprint density at radius 3 is 2.19 bits per heavy atom. The smallest absolute Gasteiger partial charge is 0.223 e. The van der Waals surface area contributed by atoms with E-state index in [2.05, 4.69) is 60.7 Å². The minimum atomic E-state index is 0.0947. The van der Waals surface area contributed by atoms with Gasteiger partial charge in [0.25, 0.3) is 0 Å². The predicted molar refractivity (Wildman–Crippen MR) is 103 cm³/mol. The van der Waals surface area contributed by atoms with Crippen LogP contribution in [0.4, 0.5) is 0 Å². The molecular formula is C23H27NO2. The molecule has 2 aromatic carbocycles. The zero-order valence-corrected chi connectivity index (χ0v) is 15.2. The quantitative estimate of drug-likeness (QED) is 0.781. The Morgan fingerprint density at radius 2 is 1.62 bits per heavy atom. The molecule has 0 N–H and O–H groups in total. The lowest BCUT2D eigenvalue weighted by molar-refractivity contribution is -0.139. The Hall–Kier alpha value is -2.13. The molecule has 0 aromatic heterocycles. The van der Waals surface area contributed by atoms with E-state index in [4.69, 9.17) is 4.74 Å². The molecule has 2 aromatic rings. The van der Waals surface area contributed by atoms with Gasteiger partial charge in [0.05, 0.1) is 12.7 Å². The van der Waals surface area contributed by atoms with Crippen molar-refractivity contribution in [3.63, 3.8) is 0 Å². The molecule has 1 saturated heterocycles. The summed E-state index contributed by atoms with van der Waals surface area (Å²) in [5.41, 5.74) is 2.62. The highest BCUT2D eigenvalue weighted by molar-refractivity contribution is 5.76. The number of morpholine rings is 1. The number of ether oxygens (including phenoxy) is 1. The summed E-state index contributed by atoms with van der Waals surface area (Å²) < 4.78 is 6.06. The van der Waals surface area contributed by atoms with Crippen molar-refractivity contribution in [2.24, 2.45) is 5.92 Å². The average Bonchev–Trinajstić information content (AvgIpc) is 3.52. The normalized spacial score (nSPS) is 20.3. The van der Waals surface area contributed by atoms with Crippen LogP contribution in [0, 0.1) is 5.92 Å². The van der Waals surface area contributed by atoms with E-state index in [1.165, 1.54) is 24.0 Å². The number of carbonyl (C=O) groups excluding carboxylic acids is 1. The van der Waals surface area contributed by atoms with E-state index in [0.29, 0.717) is 24.3 Å². The minimum absolute atomic E-state index is 0.0947. The molecule has 1 atom stereocenters. The van der Waals surface area contributed by atoms with E-state index in [0.717, 1.165) is 25.9 Å². The maximum Gasteiger partial charge on any atom is 0.223 e. The third-order valence-electron chi connectivity index (χ3n) is 5.55. The van der Waals surface area contributed by atoms with Crippen molar-refractivity contribution in [1.82, 2.24) is 4.90 Å². The fourth-order valence-electron chi connectivity index (χ4n) is 3.88. The van der Waals surface area contributed by atoms with Crippen molar-refractivity contribution in [3.05, 3.63) is 71.8 Å². The molecule has 1 amide bonds. The van der Waals surface area contributed by atoms with Crippen LogP contribution in [-0.4, -0.2) is 36.6 Å². The summed E-state index contributed by atoms with van der Waals surface area (Å²) in [4.78, 5) is 14.5. The van der Waals surface area contributed by atoms with Gasteiger partial charge in [-0.25, -0.2) is 0 Å². The first-order chi connectivity index (χ1) is 12.8. The number of carbonyl (C=O) groups is 1. The Kier molecular flexibility index (Phi) is 5.35. The van der Waals surface area contributed by atoms with Crippen LogP contribution in [0.25, 0.3) is 0 Å². The molecule has 4 rings (SSSR count). The second kappa shape index (κ2) is 8.05. The van der Waals surface area contributed by atoms with E-state index in [-0.39, 0.29) is 6.10 Å². The number of amides is 1. The average molecular weight is 349 g/mol. The van der Waals surface area contributed by atoms with Crippen molar-refractivity contribution in [3.8, 4) is 0 Å². The van der Waals surface area contributed by atoms with Gasteiger partial charge in [0, 0.05) is 25.4 Å². The largest absolute Gasteiger partial charge is 0.375 e. The molecule has 1 heterocycles. The molecule has 3 nitrogen and oxygen atoms in total. The van der Waals surface area contributed by atoms with Gasteiger partial charge in [0.2, 0.25) is 5.91 Å². The van der Waals surface area contributed by atoms with E-state index in [1.807, 2.05) is 4.90 Å². The summed E-state index contributed by atoms with van der Waals surface area (Å²) >= 11 is 0. The van der Waals surface area contributed by atoms with Crippen LogP contribution in [-0.2, 0) is 9.53 Å². The van der Waals surface area contributed by atoms with Crippen molar-refractivity contribution in [1.29, 1.82) is 0 Å². The first-order valence-corrected chi connectivity index (χ1v) is 9.79. The van der Waals surface area contributed by atoms with Crippen LogP contribution in [0.15, 0.2) is 60.7 Å². The summed E-state index contributed by atoms with van der Waals surface area (Å²) in [6.45, 7) is 2.11. The Bertz CT molecular complexity index is 672. The highest BCUT2D eigenvalue weighted by Gasteiger charge is 2.31.